The summed E-state index contributed by atoms with van der Waals surface area (Å²) in [6.45, 7) is 7.25. The maximum atomic E-state index is 12.8. The number of nitriles is 1. The minimum Gasteiger partial charge on any atom is -0.316 e. The van der Waals surface area contributed by atoms with Crippen molar-refractivity contribution in [3.05, 3.63) is 31.8 Å². The second-order valence-electron chi connectivity index (χ2n) is 8.21. The van der Waals surface area contributed by atoms with E-state index in [9.17, 15) is 10.1 Å². The Kier molecular flexibility index (Phi) is 7.89. The number of thioether (sulfide) groups is 1. The molecule has 0 radical (unpaired) electrons. The molecule has 0 bridgehead atoms. The Morgan fingerprint density at radius 2 is 2.09 bits per heavy atom. The van der Waals surface area contributed by atoms with E-state index >= 15 is 0 Å². The second-order valence-corrected chi connectivity index (χ2v) is 11.3. The molecule has 1 amide bonds. The number of nitrogens with one attached hydrogen (secondary N) is 1. The van der Waals surface area contributed by atoms with Crippen molar-refractivity contribution in [1.29, 1.82) is 5.26 Å². The molecule has 0 saturated carbocycles. The van der Waals surface area contributed by atoms with Crippen LogP contribution in [0.3, 0.4) is 0 Å². The summed E-state index contributed by atoms with van der Waals surface area (Å²) in [4.78, 5) is 15.4. The summed E-state index contributed by atoms with van der Waals surface area (Å²) in [7, 11) is 0. The molecule has 0 spiro atoms. The molecule has 0 fully saturated rings. The van der Waals surface area contributed by atoms with E-state index in [1.807, 2.05) is 0 Å². The summed E-state index contributed by atoms with van der Waals surface area (Å²) in [6.07, 6.45) is 7.33. The average molecular weight is 500 g/mol. The van der Waals surface area contributed by atoms with Gasteiger partial charge < -0.3 is 9.88 Å². The average Bonchev–Trinajstić information content (AvgIpc) is 3.42. The first kappa shape index (κ1) is 24.0. The molecule has 4 rings (SSSR count). The molecule has 174 valence electrons. The van der Waals surface area contributed by atoms with Gasteiger partial charge in [-0.15, -0.1) is 32.9 Å². The zero-order valence-electron chi connectivity index (χ0n) is 19.4. The molecule has 3 aromatic heterocycles. The van der Waals surface area contributed by atoms with Crippen molar-refractivity contribution >= 4 is 45.3 Å². The molecule has 0 aliphatic heterocycles. The van der Waals surface area contributed by atoms with E-state index in [2.05, 4.69) is 52.3 Å². The molecule has 3 heterocycles. The van der Waals surface area contributed by atoms with Crippen LogP contribution in [-0.4, -0.2) is 26.4 Å². The lowest BCUT2D eigenvalue weighted by molar-refractivity contribution is -0.113. The number of amides is 1. The molecule has 33 heavy (non-hydrogen) atoms. The van der Waals surface area contributed by atoms with E-state index in [0.29, 0.717) is 10.6 Å². The number of hydrogen-bond donors (Lipinski definition) is 1. The van der Waals surface area contributed by atoms with E-state index in [1.165, 1.54) is 33.5 Å². The molecule has 0 saturated heterocycles. The van der Waals surface area contributed by atoms with Gasteiger partial charge in [-0.05, 0) is 56.6 Å². The van der Waals surface area contributed by atoms with Crippen molar-refractivity contribution in [3.8, 4) is 17.5 Å². The van der Waals surface area contributed by atoms with Gasteiger partial charge in [0.15, 0.2) is 11.0 Å². The SMILES string of the molecule is CCCn1c(SCC(=O)Nc2sc3c(c2C#N)CCCCC3)nnc1-c1csc(C)c1CC. The first-order valence-corrected chi connectivity index (χ1v) is 14.2. The van der Waals surface area contributed by atoms with Gasteiger partial charge in [-0.2, -0.15) is 5.26 Å². The van der Waals surface area contributed by atoms with Crippen LogP contribution < -0.4 is 5.32 Å². The number of carbonyl (C=O) groups is 1. The third kappa shape index (κ3) is 5.03. The van der Waals surface area contributed by atoms with Gasteiger partial charge in [0.2, 0.25) is 5.91 Å². The van der Waals surface area contributed by atoms with Gasteiger partial charge in [-0.25, -0.2) is 0 Å². The number of aromatic nitrogens is 3. The van der Waals surface area contributed by atoms with Gasteiger partial charge in [-0.1, -0.05) is 32.0 Å². The molecular formula is C24H29N5OS3. The van der Waals surface area contributed by atoms with Gasteiger partial charge in [0.25, 0.3) is 0 Å². The highest BCUT2D eigenvalue weighted by Crippen LogP contribution is 2.37. The van der Waals surface area contributed by atoms with Crippen molar-refractivity contribution in [2.45, 2.75) is 77.4 Å². The second kappa shape index (κ2) is 10.9. The van der Waals surface area contributed by atoms with E-state index < -0.39 is 0 Å². The van der Waals surface area contributed by atoms with Crippen LogP contribution in [0, 0.1) is 18.3 Å². The standard InChI is InChI=1S/C24H29N5OS3/c1-4-11-29-22(19-13-31-15(3)16(19)5-2)27-28-24(29)32-14-21(30)26-23-18(12-25)17-9-7-6-8-10-20(17)33-23/h13H,4-11,14H2,1-3H3,(H,26,30). The number of rotatable bonds is 8. The molecule has 9 heteroatoms. The Morgan fingerprint density at radius 3 is 2.85 bits per heavy atom. The van der Waals surface area contributed by atoms with Crippen LogP contribution >= 0.6 is 34.4 Å². The summed E-state index contributed by atoms with van der Waals surface area (Å²) in [5.41, 5.74) is 4.27. The van der Waals surface area contributed by atoms with Crippen LogP contribution in [-0.2, 0) is 30.6 Å². The zero-order valence-corrected chi connectivity index (χ0v) is 21.8. The summed E-state index contributed by atoms with van der Waals surface area (Å²) in [6, 6.07) is 2.33. The number of hydrogen-bond acceptors (Lipinski definition) is 7. The Labute approximate surface area is 207 Å². The molecule has 0 aromatic carbocycles. The lowest BCUT2D eigenvalue weighted by atomic mass is 10.1. The van der Waals surface area contributed by atoms with Crippen molar-refractivity contribution in [2.24, 2.45) is 0 Å². The van der Waals surface area contributed by atoms with Crippen LogP contribution in [0.15, 0.2) is 10.5 Å². The Morgan fingerprint density at radius 1 is 1.27 bits per heavy atom. The number of nitrogens with zero attached hydrogens (tertiary/aromatic N) is 4. The maximum Gasteiger partial charge on any atom is 0.235 e. The highest BCUT2D eigenvalue weighted by atomic mass is 32.2. The number of fused-ring (bicyclic) bond motifs is 1. The van der Waals surface area contributed by atoms with Crippen LogP contribution in [0.2, 0.25) is 0 Å². The van der Waals surface area contributed by atoms with Crippen molar-refractivity contribution in [3.63, 3.8) is 0 Å². The van der Waals surface area contributed by atoms with Crippen LogP contribution in [0.5, 0.6) is 0 Å². The van der Waals surface area contributed by atoms with E-state index in [0.717, 1.165) is 67.2 Å². The first-order valence-electron chi connectivity index (χ1n) is 11.5. The number of carbonyl (C=O) groups excluding carboxylic acids is 1. The van der Waals surface area contributed by atoms with E-state index in [4.69, 9.17) is 0 Å². The monoisotopic (exact) mass is 499 g/mol. The van der Waals surface area contributed by atoms with Crippen molar-refractivity contribution < 1.29 is 4.79 Å². The summed E-state index contributed by atoms with van der Waals surface area (Å²) in [5, 5.41) is 25.2. The third-order valence-electron chi connectivity index (χ3n) is 5.98. The van der Waals surface area contributed by atoms with Gasteiger partial charge in [-0.3, -0.25) is 4.79 Å². The van der Waals surface area contributed by atoms with Gasteiger partial charge in [0.1, 0.15) is 11.1 Å². The van der Waals surface area contributed by atoms with Gasteiger partial charge in [0.05, 0.1) is 11.3 Å². The number of aryl methyl sites for hydroxylation is 2. The van der Waals surface area contributed by atoms with E-state index in [1.54, 1.807) is 22.7 Å². The number of thiophene rings is 2. The Balaban J connectivity index is 1.49. The minimum atomic E-state index is -0.110. The van der Waals surface area contributed by atoms with Gasteiger partial charge in [0, 0.05) is 27.2 Å². The molecule has 0 unspecified atom stereocenters. The molecule has 6 nitrogen and oxygen atoms in total. The lowest BCUT2D eigenvalue weighted by Gasteiger charge is -2.09. The summed E-state index contributed by atoms with van der Waals surface area (Å²) < 4.78 is 2.13. The predicted octanol–water partition coefficient (Wildman–Crippen LogP) is 6.22. The van der Waals surface area contributed by atoms with Crippen LogP contribution in [0.1, 0.15) is 66.0 Å². The smallest absolute Gasteiger partial charge is 0.235 e. The quantitative estimate of drug-likeness (QED) is 0.294. The van der Waals surface area contributed by atoms with E-state index in [-0.39, 0.29) is 11.7 Å². The fourth-order valence-corrected chi connectivity index (χ4v) is 7.33. The minimum absolute atomic E-state index is 0.110. The largest absolute Gasteiger partial charge is 0.316 e. The van der Waals surface area contributed by atoms with Crippen molar-refractivity contribution in [2.75, 3.05) is 11.1 Å². The molecule has 0 atom stereocenters. The molecule has 1 N–H and O–H groups in total. The maximum absolute atomic E-state index is 12.8. The molecule has 1 aliphatic carbocycles. The normalized spacial score (nSPS) is 13.4. The fourth-order valence-electron chi connectivity index (χ4n) is 4.37. The third-order valence-corrected chi connectivity index (χ3v) is 9.11. The fraction of sp³-hybridized carbons (Fsp3) is 0.500. The van der Waals surface area contributed by atoms with Gasteiger partial charge >= 0.3 is 0 Å². The molecule has 3 aromatic rings. The zero-order chi connectivity index (χ0) is 23.4. The highest BCUT2D eigenvalue weighted by molar-refractivity contribution is 7.99. The van der Waals surface area contributed by atoms with Crippen LogP contribution in [0.4, 0.5) is 5.00 Å². The number of anilines is 1. The Hall–Kier alpha value is -2.15. The highest BCUT2D eigenvalue weighted by Gasteiger charge is 2.22. The lowest BCUT2D eigenvalue weighted by Crippen LogP contribution is -2.14. The molecular weight excluding hydrogens is 470 g/mol. The Bertz CT molecular complexity index is 1180. The summed E-state index contributed by atoms with van der Waals surface area (Å²) >= 11 is 4.72. The summed E-state index contributed by atoms with van der Waals surface area (Å²) in [5.74, 6) is 1.01. The predicted molar refractivity (Wildman–Crippen MR) is 137 cm³/mol. The first-order chi connectivity index (χ1) is 16.1. The van der Waals surface area contributed by atoms with Crippen LogP contribution in [0.25, 0.3) is 11.4 Å². The van der Waals surface area contributed by atoms with Crippen molar-refractivity contribution in [1.82, 2.24) is 14.8 Å². The molecule has 1 aliphatic rings. The topological polar surface area (TPSA) is 83.6 Å².